The second kappa shape index (κ2) is 11.2. The number of hydrogen-bond acceptors (Lipinski definition) is 8. The fourth-order valence-electron chi connectivity index (χ4n) is 3.59. The second-order valence-corrected chi connectivity index (χ2v) is 8.00. The Bertz CT molecular complexity index is 1330. The first-order valence-electron chi connectivity index (χ1n) is 11.0. The first-order valence-corrected chi connectivity index (χ1v) is 11.8. The van der Waals surface area contributed by atoms with E-state index in [0.717, 1.165) is 0 Å². The minimum atomic E-state index is -0.545. The number of fused-ring (bicyclic) bond motifs is 2. The molecule has 182 valence electrons. The summed E-state index contributed by atoms with van der Waals surface area (Å²) in [5.41, 5.74) is 3.35. The molecule has 8 nitrogen and oxygen atoms in total. The predicted molar refractivity (Wildman–Crippen MR) is 140 cm³/mol. The van der Waals surface area contributed by atoms with Crippen molar-refractivity contribution in [2.24, 2.45) is 9.98 Å². The molecule has 36 heavy (non-hydrogen) atoms. The number of carbonyl (C=O) groups is 2. The Kier molecular flexibility index (Phi) is 7.87. The summed E-state index contributed by atoms with van der Waals surface area (Å²) in [6, 6.07) is 14.1. The lowest BCUT2D eigenvalue weighted by Gasteiger charge is -2.02. The number of aromatic nitrogens is 2. The van der Waals surface area contributed by atoms with E-state index in [1.165, 1.54) is 12.4 Å². The largest absolute Gasteiger partial charge is 0.462 e. The molecule has 10 heteroatoms. The SMILES string of the molecule is CCOC(=O)c1c2ccccc(N=CC=Nc3ccccc4c(C(=O)OCC)c(Cl)nc3-4)c-2nc1Cl. The molecule has 0 saturated carbocycles. The van der Waals surface area contributed by atoms with E-state index in [1.807, 2.05) is 0 Å². The maximum atomic E-state index is 12.4. The molecule has 2 aliphatic carbocycles. The third kappa shape index (κ3) is 5.05. The van der Waals surface area contributed by atoms with Crippen LogP contribution in [0.15, 0.2) is 58.5 Å². The second-order valence-electron chi connectivity index (χ2n) is 7.28. The predicted octanol–water partition coefficient (Wildman–Crippen LogP) is 6.45. The van der Waals surface area contributed by atoms with Crippen LogP contribution in [0.5, 0.6) is 0 Å². The molecular formula is C26H20Cl2N4O4. The van der Waals surface area contributed by atoms with Crippen LogP contribution in [0, 0.1) is 0 Å². The lowest BCUT2D eigenvalue weighted by atomic mass is 10.1. The van der Waals surface area contributed by atoms with E-state index in [0.29, 0.717) is 33.9 Å². The van der Waals surface area contributed by atoms with Crippen LogP contribution in [-0.4, -0.2) is 47.5 Å². The number of carbonyl (C=O) groups excluding carboxylic acids is 2. The van der Waals surface area contributed by atoms with Crippen molar-refractivity contribution in [3.05, 3.63) is 70.0 Å². The minimum Gasteiger partial charge on any atom is -0.462 e. The minimum absolute atomic E-state index is 0.0514. The van der Waals surface area contributed by atoms with E-state index in [4.69, 9.17) is 32.7 Å². The fraction of sp³-hybridized carbons (Fsp3) is 0.154. The molecule has 0 radical (unpaired) electrons. The highest BCUT2D eigenvalue weighted by Gasteiger charge is 2.26. The summed E-state index contributed by atoms with van der Waals surface area (Å²) in [6.45, 7) is 3.88. The van der Waals surface area contributed by atoms with Gasteiger partial charge >= 0.3 is 11.9 Å². The Morgan fingerprint density at radius 2 is 1.14 bits per heavy atom. The number of ether oxygens (including phenoxy) is 2. The molecule has 0 bridgehead atoms. The number of halogens is 2. The maximum absolute atomic E-state index is 12.4. The van der Waals surface area contributed by atoms with E-state index < -0.39 is 11.9 Å². The standard InChI is InChI=1S/C26H20Cl2N4O4/c1-3-35-25(33)19-15-9-5-7-11-17(21(15)31-23(19)27)29-13-14-30-18-12-8-6-10-16-20(26(34)36-4-2)24(28)32-22(16)18/h5-14H,3-4H2,1-2H3. The normalized spacial score (nSPS) is 11.6. The number of rotatable bonds is 7. The molecule has 0 aromatic rings. The molecule has 0 spiro atoms. The van der Waals surface area contributed by atoms with Crippen LogP contribution >= 0.6 is 23.2 Å². The van der Waals surface area contributed by atoms with E-state index >= 15 is 0 Å². The lowest BCUT2D eigenvalue weighted by Crippen LogP contribution is -2.04. The highest BCUT2D eigenvalue weighted by molar-refractivity contribution is 6.34. The molecular weight excluding hydrogens is 503 g/mol. The Hall–Kier alpha value is -3.88. The van der Waals surface area contributed by atoms with Gasteiger partial charge in [0.25, 0.3) is 0 Å². The molecule has 0 atom stereocenters. The average molecular weight is 523 g/mol. The van der Waals surface area contributed by atoms with Gasteiger partial charge in [-0.15, -0.1) is 0 Å². The quantitative estimate of drug-likeness (QED) is 0.204. The van der Waals surface area contributed by atoms with Gasteiger partial charge in [0.1, 0.15) is 21.4 Å². The van der Waals surface area contributed by atoms with Crippen LogP contribution < -0.4 is 0 Å². The van der Waals surface area contributed by atoms with Crippen LogP contribution in [0.2, 0.25) is 10.3 Å². The van der Waals surface area contributed by atoms with E-state index in [1.54, 1.807) is 62.4 Å². The van der Waals surface area contributed by atoms with Crippen LogP contribution in [0.3, 0.4) is 0 Å². The van der Waals surface area contributed by atoms with Gasteiger partial charge in [0.2, 0.25) is 0 Å². The van der Waals surface area contributed by atoms with E-state index in [-0.39, 0.29) is 34.6 Å². The molecule has 0 N–H and O–H groups in total. The van der Waals surface area contributed by atoms with Gasteiger partial charge in [-0.3, -0.25) is 9.98 Å². The summed E-state index contributed by atoms with van der Waals surface area (Å²) in [5, 5.41) is 0.103. The first-order chi connectivity index (χ1) is 17.5. The number of hydrogen-bond donors (Lipinski definition) is 0. The van der Waals surface area contributed by atoms with Crippen LogP contribution in [0.25, 0.3) is 22.5 Å². The van der Waals surface area contributed by atoms with Gasteiger partial charge in [0.05, 0.1) is 36.0 Å². The van der Waals surface area contributed by atoms with Crippen molar-refractivity contribution in [2.75, 3.05) is 13.2 Å². The van der Waals surface area contributed by atoms with Crippen LogP contribution in [-0.2, 0) is 9.47 Å². The van der Waals surface area contributed by atoms with Crippen LogP contribution in [0.4, 0.5) is 11.4 Å². The van der Waals surface area contributed by atoms with Gasteiger partial charge in [-0.1, -0.05) is 59.6 Å². The molecule has 2 aliphatic heterocycles. The van der Waals surface area contributed by atoms with Crippen molar-refractivity contribution < 1.29 is 19.1 Å². The molecule has 2 heterocycles. The topological polar surface area (TPSA) is 103 Å². The first kappa shape index (κ1) is 25.2. The van der Waals surface area contributed by atoms with Crippen molar-refractivity contribution >= 4 is 58.9 Å². The summed E-state index contributed by atoms with van der Waals surface area (Å²) in [6.07, 6.45) is 2.97. The lowest BCUT2D eigenvalue weighted by molar-refractivity contribution is 0.0518. The molecule has 0 unspecified atom stereocenters. The highest BCUT2D eigenvalue weighted by atomic mass is 35.5. The smallest absolute Gasteiger partial charge is 0.341 e. The monoisotopic (exact) mass is 522 g/mol. The molecule has 0 fully saturated rings. The maximum Gasteiger partial charge on any atom is 0.341 e. The molecule has 0 aromatic carbocycles. The zero-order chi connectivity index (χ0) is 25.7. The average Bonchev–Trinajstić information content (AvgIpc) is 3.18. The van der Waals surface area contributed by atoms with Crippen molar-refractivity contribution in [3.8, 4) is 22.5 Å². The fourth-order valence-corrected chi connectivity index (χ4v) is 4.11. The van der Waals surface area contributed by atoms with Gasteiger partial charge in [-0.2, -0.15) is 0 Å². The molecule has 0 saturated heterocycles. The van der Waals surface area contributed by atoms with Crippen molar-refractivity contribution in [2.45, 2.75) is 13.8 Å². The molecule has 4 aliphatic rings. The Morgan fingerprint density at radius 3 is 1.53 bits per heavy atom. The third-order valence-electron chi connectivity index (χ3n) is 5.08. The summed E-state index contributed by atoms with van der Waals surface area (Å²) in [7, 11) is 0. The Labute approximate surface area is 217 Å². The van der Waals surface area contributed by atoms with Gasteiger partial charge in [-0.25, -0.2) is 19.6 Å². The van der Waals surface area contributed by atoms with Gasteiger partial charge < -0.3 is 9.47 Å². The van der Waals surface area contributed by atoms with Crippen molar-refractivity contribution in [3.63, 3.8) is 0 Å². The zero-order valence-corrected chi connectivity index (χ0v) is 20.9. The summed E-state index contributed by atoms with van der Waals surface area (Å²) in [4.78, 5) is 42.3. The van der Waals surface area contributed by atoms with E-state index in [9.17, 15) is 9.59 Å². The Balaban J connectivity index is 1.64. The molecule has 0 amide bonds. The molecule has 4 rings (SSSR count). The van der Waals surface area contributed by atoms with Crippen molar-refractivity contribution in [1.82, 2.24) is 9.97 Å². The highest BCUT2D eigenvalue weighted by Crippen LogP contribution is 2.38. The van der Waals surface area contributed by atoms with Crippen molar-refractivity contribution in [1.29, 1.82) is 0 Å². The summed E-state index contributed by atoms with van der Waals surface area (Å²) in [5.74, 6) is -1.09. The number of esters is 2. The van der Waals surface area contributed by atoms with E-state index in [2.05, 4.69) is 20.0 Å². The third-order valence-corrected chi connectivity index (χ3v) is 5.62. The summed E-state index contributed by atoms with van der Waals surface area (Å²) >= 11 is 12.5. The summed E-state index contributed by atoms with van der Waals surface area (Å²) < 4.78 is 10.2. The molecule has 0 aromatic heterocycles. The van der Waals surface area contributed by atoms with Gasteiger partial charge in [0, 0.05) is 23.6 Å². The number of nitrogens with zero attached hydrogens (tertiary/aromatic N) is 4. The van der Waals surface area contributed by atoms with Gasteiger partial charge in [0.15, 0.2) is 0 Å². The van der Waals surface area contributed by atoms with Crippen LogP contribution in [0.1, 0.15) is 34.6 Å². The Morgan fingerprint density at radius 1 is 0.750 bits per heavy atom. The zero-order valence-electron chi connectivity index (χ0n) is 19.4. The number of aliphatic imine (C=N–C) groups is 2. The van der Waals surface area contributed by atoms with Gasteiger partial charge in [-0.05, 0) is 26.0 Å².